The van der Waals surface area contributed by atoms with Crippen molar-refractivity contribution in [1.29, 1.82) is 0 Å². The monoisotopic (exact) mass is 222 g/mol. The summed E-state index contributed by atoms with van der Waals surface area (Å²) in [4.78, 5) is 0. The molecule has 0 heteroatoms. The summed E-state index contributed by atoms with van der Waals surface area (Å²) in [7, 11) is 0. The molecule has 2 fully saturated rings. The molecule has 2 aliphatic carbocycles. The zero-order chi connectivity index (χ0) is 11.7. The van der Waals surface area contributed by atoms with E-state index in [1.165, 1.54) is 25.7 Å². The Morgan fingerprint density at radius 2 is 1.69 bits per heavy atom. The van der Waals surface area contributed by atoms with Gasteiger partial charge in [0, 0.05) is 0 Å². The van der Waals surface area contributed by atoms with Gasteiger partial charge in [-0.3, -0.25) is 0 Å². The average molecular weight is 222 g/mol. The summed E-state index contributed by atoms with van der Waals surface area (Å²) in [5.41, 5.74) is 0. The molecule has 5 atom stereocenters. The predicted molar refractivity (Wildman–Crippen MR) is 71.3 cm³/mol. The van der Waals surface area contributed by atoms with Crippen LogP contribution in [-0.2, 0) is 0 Å². The highest BCUT2D eigenvalue weighted by Crippen LogP contribution is 2.60. The van der Waals surface area contributed by atoms with E-state index in [-0.39, 0.29) is 0 Å². The molecule has 0 saturated heterocycles. The van der Waals surface area contributed by atoms with Crippen LogP contribution in [-0.4, -0.2) is 0 Å². The molecule has 0 radical (unpaired) electrons. The summed E-state index contributed by atoms with van der Waals surface area (Å²) in [5, 5.41) is 0. The van der Waals surface area contributed by atoms with Gasteiger partial charge in [0.05, 0.1) is 0 Å². The van der Waals surface area contributed by atoms with Crippen LogP contribution in [0.2, 0.25) is 0 Å². The second kappa shape index (κ2) is 5.10. The highest BCUT2D eigenvalue weighted by atomic mass is 14.6. The Labute approximate surface area is 102 Å². The highest BCUT2D eigenvalue weighted by Gasteiger charge is 2.52. The van der Waals surface area contributed by atoms with Crippen molar-refractivity contribution in [2.75, 3.05) is 0 Å². The molecule has 0 bridgehead atoms. The lowest BCUT2D eigenvalue weighted by atomic mass is 9.46. The molecule has 0 aliphatic heterocycles. The number of hydrogen-bond donors (Lipinski definition) is 0. The van der Waals surface area contributed by atoms with Crippen molar-refractivity contribution in [2.24, 2.45) is 35.5 Å². The molecule has 0 aromatic rings. The Morgan fingerprint density at radius 3 is 2.19 bits per heavy atom. The molecule has 0 spiro atoms. The van der Waals surface area contributed by atoms with Gasteiger partial charge in [-0.1, -0.05) is 47.0 Å². The first-order valence-corrected chi connectivity index (χ1v) is 7.59. The van der Waals surface area contributed by atoms with Crippen LogP contribution in [0.1, 0.15) is 66.2 Å². The van der Waals surface area contributed by atoms with Crippen molar-refractivity contribution < 1.29 is 0 Å². The van der Waals surface area contributed by atoms with Crippen LogP contribution >= 0.6 is 0 Å². The third kappa shape index (κ3) is 2.46. The van der Waals surface area contributed by atoms with E-state index in [1.807, 2.05) is 0 Å². The quantitative estimate of drug-likeness (QED) is 0.584. The molecule has 16 heavy (non-hydrogen) atoms. The average Bonchev–Trinajstić information content (AvgIpc) is 2.14. The fourth-order valence-electron chi connectivity index (χ4n) is 4.14. The van der Waals surface area contributed by atoms with Crippen LogP contribution in [0.25, 0.3) is 0 Å². The lowest BCUT2D eigenvalue weighted by molar-refractivity contribution is -0.102. The van der Waals surface area contributed by atoms with Crippen LogP contribution in [0.15, 0.2) is 0 Å². The van der Waals surface area contributed by atoms with Gasteiger partial charge in [-0.25, -0.2) is 0 Å². The summed E-state index contributed by atoms with van der Waals surface area (Å²) in [6.07, 6.45) is 8.98. The summed E-state index contributed by atoms with van der Waals surface area (Å²) in [5.74, 6) is 6.34. The second-order valence-electron chi connectivity index (χ2n) is 7.09. The van der Waals surface area contributed by atoms with Gasteiger partial charge in [0.25, 0.3) is 0 Å². The maximum Gasteiger partial charge on any atom is -0.0352 e. The van der Waals surface area contributed by atoms with Gasteiger partial charge in [0.1, 0.15) is 0 Å². The number of fused-ring (bicyclic) bond motifs is 1. The maximum absolute atomic E-state index is 2.51. The van der Waals surface area contributed by atoms with Gasteiger partial charge >= 0.3 is 0 Å². The van der Waals surface area contributed by atoms with Gasteiger partial charge in [0.15, 0.2) is 0 Å². The van der Waals surface area contributed by atoms with Crippen molar-refractivity contribution in [3.8, 4) is 0 Å². The van der Waals surface area contributed by atoms with E-state index < -0.39 is 0 Å². The fraction of sp³-hybridized carbons (Fsp3) is 1.00. The molecule has 2 saturated carbocycles. The van der Waals surface area contributed by atoms with Gasteiger partial charge in [0.2, 0.25) is 0 Å². The van der Waals surface area contributed by atoms with Crippen LogP contribution in [0.5, 0.6) is 0 Å². The van der Waals surface area contributed by atoms with Crippen molar-refractivity contribution in [3.05, 3.63) is 0 Å². The Bertz CT molecular complexity index is 212. The van der Waals surface area contributed by atoms with Gasteiger partial charge < -0.3 is 0 Å². The molecule has 0 aromatic heterocycles. The fourth-order valence-corrected chi connectivity index (χ4v) is 4.14. The SMILES string of the molecule is CC(C)CCCC(C)CC1[C@@H](C)C2CC[C@H]21. The molecular weight excluding hydrogens is 192 g/mol. The topological polar surface area (TPSA) is 0 Å². The standard InChI is InChI=1S/C16H30/c1-11(2)6-5-7-12(3)10-16-13(4)14-8-9-15(14)16/h11-16H,5-10H2,1-4H3/t12?,13-,14?,15+,16?/m0/s1. The number of hydrogen-bond acceptors (Lipinski definition) is 0. The first-order chi connectivity index (χ1) is 7.59. The summed E-state index contributed by atoms with van der Waals surface area (Å²) < 4.78 is 0. The van der Waals surface area contributed by atoms with E-state index in [9.17, 15) is 0 Å². The van der Waals surface area contributed by atoms with Crippen molar-refractivity contribution in [1.82, 2.24) is 0 Å². The molecule has 94 valence electrons. The third-order valence-corrected chi connectivity index (χ3v) is 5.44. The van der Waals surface area contributed by atoms with Crippen molar-refractivity contribution in [2.45, 2.75) is 66.2 Å². The highest BCUT2D eigenvalue weighted by molar-refractivity contribution is 5.01. The zero-order valence-corrected chi connectivity index (χ0v) is 11.7. The Balaban J connectivity index is 1.62. The summed E-state index contributed by atoms with van der Waals surface area (Å²) in [6.45, 7) is 9.68. The minimum Gasteiger partial charge on any atom is -0.0628 e. The zero-order valence-electron chi connectivity index (χ0n) is 11.7. The van der Waals surface area contributed by atoms with Gasteiger partial charge in [-0.15, -0.1) is 0 Å². The molecule has 3 unspecified atom stereocenters. The van der Waals surface area contributed by atoms with Crippen LogP contribution in [0.3, 0.4) is 0 Å². The predicted octanol–water partition coefficient (Wildman–Crippen LogP) is 5.13. The van der Waals surface area contributed by atoms with Crippen LogP contribution < -0.4 is 0 Å². The first-order valence-electron chi connectivity index (χ1n) is 7.59. The minimum atomic E-state index is 0.894. The normalized spacial score (nSPS) is 38.8. The van der Waals surface area contributed by atoms with Gasteiger partial charge in [-0.2, -0.15) is 0 Å². The molecule has 0 amide bonds. The van der Waals surface area contributed by atoms with E-state index in [1.54, 1.807) is 12.8 Å². The van der Waals surface area contributed by atoms with E-state index in [0.717, 1.165) is 35.5 Å². The molecule has 2 aliphatic rings. The smallest absolute Gasteiger partial charge is 0.0352 e. The van der Waals surface area contributed by atoms with E-state index in [2.05, 4.69) is 27.7 Å². The molecule has 2 rings (SSSR count). The molecule has 0 heterocycles. The minimum absolute atomic E-state index is 0.894. The van der Waals surface area contributed by atoms with Crippen LogP contribution in [0, 0.1) is 35.5 Å². The molecular formula is C16H30. The summed E-state index contributed by atoms with van der Waals surface area (Å²) >= 11 is 0. The molecule has 0 aromatic carbocycles. The van der Waals surface area contributed by atoms with E-state index in [0.29, 0.717) is 0 Å². The Morgan fingerprint density at radius 1 is 1.00 bits per heavy atom. The third-order valence-electron chi connectivity index (χ3n) is 5.44. The van der Waals surface area contributed by atoms with E-state index >= 15 is 0 Å². The Kier molecular flexibility index (Phi) is 3.97. The first kappa shape index (κ1) is 12.5. The summed E-state index contributed by atoms with van der Waals surface area (Å²) in [6, 6.07) is 0. The van der Waals surface area contributed by atoms with Crippen LogP contribution in [0.4, 0.5) is 0 Å². The second-order valence-corrected chi connectivity index (χ2v) is 7.09. The van der Waals surface area contributed by atoms with Crippen molar-refractivity contribution in [3.63, 3.8) is 0 Å². The molecule has 0 N–H and O–H groups in total. The van der Waals surface area contributed by atoms with Crippen molar-refractivity contribution >= 4 is 0 Å². The largest absolute Gasteiger partial charge is 0.0628 e. The number of rotatable bonds is 6. The lowest BCUT2D eigenvalue weighted by Crippen LogP contribution is -2.52. The van der Waals surface area contributed by atoms with E-state index in [4.69, 9.17) is 0 Å². The lowest BCUT2D eigenvalue weighted by Gasteiger charge is -2.59. The Hall–Kier alpha value is 0. The molecule has 0 nitrogen and oxygen atoms in total. The van der Waals surface area contributed by atoms with Gasteiger partial charge in [-0.05, 0) is 54.8 Å². The maximum atomic E-state index is 2.51.